The second-order valence-electron chi connectivity index (χ2n) is 12.1. The van der Waals surface area contributed by atoms with Crippen LogP contribution in [0.5, 0.6) is 0 Å². The number of benzene rings is 6. The molecular weight excluding hydrogens is 597 g/mol. The zero-order chi connectivity index (χ0) is 33.5. The van der Waals surface area contributed by atoms with Crippen LogP contribution in [-0.2, 0) is 0 Å². The minimum Gasteiger partial charge on any atom is -0.309 e. The average molecular weight is 627 g/mol. The van der Waals surface area contributed by atoms with Gasteiger partial charge in [0, 0.05) is 27.1 Å². The molecule has 0 radical (unpaired) electrons. The lowest BCUT2D eigenvalue weighted by atomic mass is 9.97. The summed E-state index contributed by atoms with van der Waals surface area (Å²) < 4.78 is 4.45. The van der Waals surface area contributed by atoms with Crippen molar-refractivity contribution < 1.29 is 0 Å². The largest absolute Gasteiger partial charge is 0.309 e. The summed E-state index contributed by atoms with van der Waals surface area (Å²) in [6.07, 6.45) is 3.84. The van der Waals surface area contributed by atoms with Gasteiger partial charge in [-0.05, 0) is 72.2 Å². The highest BCUT2D eigenvalue weighted by Crippen LogP contribution is 2.36. The zero-order valence-electron chi connectivity index (χ0n) is 26.9. The Kier molecular flexibility index (Phi) is 7.26. The van der Waals surface area contributed by atoms with E-state index >= 15 is 0 Å². The summed E-state index contributed by atoms with van der Waals surface area (Å²) in [7, 11) is 0. The van der Waals surface area contributed by atoms with Crippen LogP contribution in [0.3, 0.4) is 0 Å². The molecule has 4 nitrogen and oxygen atoms in total. The van der Waals surface area contributed by atoms with Gasteiger partial charge in [0.2, 0.25) is 0 Å². The fourth-order valence-electron chi connectivity index (χ4n) is 7.02. The van der Waals surface area contributed by atoms with Crippen molar-refractivity contribution >= 4 is 54.8 Å². The summed E-state index contributed by atoms with van der Waals surface area (Å²) in [6, 6.07) is 52.2. The summed E-state index contributed by atoms with van der Waals surface area (Å²) in [4.78, 5) is 0. The van der Waals surface area contributed by atoms with Gasteiger partial charge in [-0.2, -0.15) is 10.5 Å². The Morgan fingerprint density at radius 1 is 0.571 bits per heavy atom. The van der Waals surface area contributed by atoms with Gasteiger partial charge in [-0.1, -0.05) is 110 Å². The predicted octanol–water partition coefficient (Wildman–Crippen LogP) is 11.3. The van der Waals surface area contributed by atoms with Crippen LogP contribution in [0, 0.1) is 22.7 Å². The number of aromatic nitrogens is 2. The van der Waals surface area contributed by atoms with E-state index in [9.17, 15) is 10.5 Å². The first-order chi connectivity index (χ1) is 24.1. The maximum Gasteiger partial charge on any atom is 0.101 e. The van der Waals surface area contributed by atoms with Crippen LogP contribution >= 0.6 is 0 Å². The third-order valence-electron chi connectivity index (χ3n) is 9.38. The Labute approximate surface area is 284 Å². The fourth-order valence-corrected chi connectivity index (χ4v) is 7.02. The van der Waals surface area contributed by atoms with Crippen molar-refractivity contribution in [1.29, 1.82) is 10.5 Å². The molecule has 49 heavy (non-hydrogen) atoms. The molecule has 0 saturated heterocycles. The van der Waals surface area contributed by atoms with Gasteiger partial charge in [-0.15, -0.1) is 0 Å². The highest BCUT2D eigenvalue weighted by atomic mass is 15.0. The SMILES string of the molecule is C=C(/C(C#N)=C\C=C(/C)c1ccccc1-n1c2ccccc2c2ccccc21)c1ccc(C#N)c(-n2c3ccccc3c3ccccc32)c1. The number of fused-ring (bicyclic) bond motifs is 6. The van der Waals surface area contributed by atoms with Crippen LogP contribution < -0.4 is 0 Å². The summed E-state index contributed by atoms with van der Waals surface area (Å²) in [5.41, 5.74) is 10.6. The minimum atomic E-state index is 0.451. The van der Waals surface area contributed by atoms with E-state index in [1.165, 1.54) is 10.8 Å². The minimum absolute atomic E-state index is 0.451. The maximum atomic E-state index is 10.3. The smallest absolute Gasteiger partial charge is 0.101 e. The number of rotatable bonds is 6. The topological polar surface area (TPSA) is 57.4 Å². The quantitative estimate of drug-likeness (QED) is 0.136. The molecule has 0 bridgehead atoms. The molecule has 0 aliphatic carbocycles. The van der Waals surface area contributed by atoms with Crippen molar-refractivity contribution in [3.8, 4) is 23.5 Å². The van der Waals surface area contributed by atoms with E-state index < -0.39 is 0 Å². The molecule has 2 aromatic heterocycles. The molecule has 4 heteroatoms. The molecule has 0 spiro atoms. The third-order valence-corrected chi connectivity index (χ3v) is 9.38. The van der Waals surface area contributed by atoms with Crippen LogP contribution in [0.15, 0.2) is 164 Å². The standard InChI is InChI=1S/C45H30N4/c1-30(35-13-3-8-18-40(35)48-41-19-9-4-14-36(41)37-15-5-10-20-42(37)48)23-24-33(28-46)31(2)32-25-26-34(29-47)45(27-32)49-43-21-11-6-16-38(43)39-17-7-12-22-44(39)49/h3-27H,2H2,1H3/b30-23+,33-24-. The average Bonchev–Trinajstić information content (AvgIpc) is 3.67. The van der Waals surface area contributed by atoms with Gasteiger partial charge in [0.25, 0.3) is 0 Å². The first-order valence-corrected chi connectivity index (χ1v) is 16.2. The monoisotopic (exact) mass is 626 g/mol. The molecule has 230 valence electrons. The van der Waals surface area contributed by atoms with Crippen LogP contribution in [0.25, 0.3) is 66.1 Å². The van der Waals surface area contributed by atoms with Gasteiger partial charge < -0.3 is 9.13 Å². The van der Waals surface area contributed by atoms with Crippen LogP contribution in [0.2, 0.25) is 0 Å². The second-order valence-corrected chi connectivity index (χ2v) is 12.1. The van der Waals surface area contributed by atoms with Crippen LogP contribution in [-0.4, -0.2) is 9.13 Å². The molecular formula is C45H30N4. The Balaban J connectivity index is 1.21. The number of hydrogen-bond donors (Lipinski definition) is 0. The van der Waals surface area contributed by atoms with Crippen molar-refractivity contribution in [2.24, 2.45) is 0 Å². The van der Waals surface area contributed by atoms with Crippen molar-refractivity contribution in [2.75, 3.05) is 0 Å². The number of hydrogen-bond acceptors (Lipinski definition) is 2. The third kappa shape index (κ3) is 4.83. The van der Waals surface area contributed by atoms with E-state index in [0.29, 0.717) is 16.7 Å². The van der Waals surface area contributed by atoms with E-state index in [1.54, 1.807) is 0 Å². The first-order valence-electron chi connectivity index (χ1n) is 16.2. The molecule has 2 heterocycles. The summed E-state index contributed by atoms with van der Waals surface area (Å²) >= 11 is 0. The van der Waals surface area contributed by atoms with Gasteiger partial charge >= 0.3 is 0 Å². The Bertz CT molecular complexity index is 2660. The van der Waals surface area contributed by atoms with Gasteiger partial charge in [0.05, 0.1) is 50.6 Å². The normalized spacial score (nSPS) is 12.1. The Hall–Kier alpha value is -6.88. The van der Waals surface area contributed by atoms with Gasteiger partial charge in [0.1, 0.15) is 6.07 Å². The molecule has 0 fully saturated rings. The van der Waals surface area contributed by atoms with Gasteiger partial charge in [-0.25, -0.2) is 0 Å². The molecule has 0 N–H and O–H groups in total. The molecule has 0 amide bonds. The highest BCUT2D eigenvalue weighted by Gasteiger charge is 2.17. The molecule has 0 atom stereocenters. The molecule has 0 aliphatic heterocycles. The van der Waals surface area contributed by atoms with Crippen molar-refractivity contribution in [3.63, 3.8) is 0 Å². The summed E-state index contributed by atoms with van der Waals surface area (Å²) in [5, 5.41) is 25.1. The van der Waals surface area contributed by atoms with E-state index in [1.807, 2.05) is 60.7 Å². The van der Waals surface area contributed by atoms with Crippen molar-refractivity contribution in [2.45, 2.75) is 6.92 Å². The zero-order valence-corrected chi connectivity index (χ0v) is 26.9. The Morgan fingerprint density at radius 3 is 1.55 bits per heavy atom. The first kappa shape index (κ1) is 29.5. The van der Waals surface area contributed by atoms with Crippen LogP contribution in [0.4, 0.5) is 0 Å². The number of para-hydroxylation sites is 5. The van der Waals surface area contributed by atoms with Gasteiger partial charge in [-0.3, -0.25) is 0 Å². The van der Waals surface area contributed by atoms with E-state index in [0.717, 1.165) is 60.9 Å². The number of nitrogens with zero attached hydrogens (tertiary/aromatic N) is 4. The lowest BCUT2D eigenvalue weighted by Crippen LogP contribution is -1.99. The van der Waals surface area contributed by atoms with Crippen molar-refractivity contribution in [1.82, 2.24) is 9.13 Å². The van der Waals surface area contributed by atoms with E-state index in [-0.39, 0.29) is 0 Å². The molecule has 8 rings (SSSR count). The molecule has 8 aromatic rings. The van der Waals surface area contributed by atoms with Crippen LogP contribution in [0.1, 0.15) is 23.6 Å². The summed E-state index contributed by atoms with van der Waals surface area (Å²) in [5.74, 6) is 0. The lowest BCUT2D eigenvalue weighted by molar-refractivity contribution is 1.16. The molecule has 6 aromatic carbocycles. The molecule has 0 aliphatic rings. The van der Waals surface area contributed by atoms with E-state index in [2.05, 4.69) is 126 Å². The molecule has 0 unspecified atom stereocenters. The Morgan fingerprint density at radius 2 is 1.04 bits per heavy atom. The highest BCUT2D eigenvalue weighted by molar-refractivity contribution is 6.10. The maximum absolute atomic E-state index is 10.3. The molecule has 0 saturated carbocycles. The van der Waals surface area contributed by atoms with Crippen molar-refractivity contribution in [3.05, 3.63) is 181 Å². The number of nitriles is 2. The second kappa shape index (κ2) is 12.0. The lowest BCUT2D eigenvalue weighted by Gasteiger charge is -2.14. The van der Waals surface area contributed by atoms with Gasteiger partial charge in [0.15, 0.2) is 0 Å². The predicted molar refractivity (Wildman–Crippen MR) is 203 cm³/mol. The summed E-state index contributed by atoms with van der Waals surface area (Å²) in [6.45, 7) is 6.43. The van der Waals surface area contributed by atoms with E-state index in [4.69, 9.17) is 0 Å². The fraction of sp³-hybridized carbons (Fsp3) is 0.0222. The number of allylic oxidation sites excluding steroid dienone is 5.